The van der Waals surface area contributed by atoms with Crippen LogP contribution >= 0.6 is 0 Å². The highest BCUT2D eigenvalue weighted by Crippen LogP contribution is 2.15. The van der Waals surface area contributed by atoms with Crippen LogP contribution in [0.5, 0.6) is 5.75 Å². The molecule has 1 aromatic heterocycles. The fraction of sp³-hybridized carbons (Fsp3) is 0.579. The number of aromatic nitrogens is 3. The molecule has 0 saturated heterocycles. The van der Waals surface area contributed by atoms with Gasteiger partial charge in [-0.2, -0.15) is 5.10 Å². The van der Waals surface area contributed by atoms with E-state index in [0.717, 1.165) is 56.3 Å². The molecule has 1 aliphatic heterocycles. The van der Waals surface area contributed by atoms with E-state index in [1.54, 1.807) is 0 Å². The molecule has 0 unspecified atom stereocenters. The molecule has 3 rings (SSSR count). The van der Waals surface area contributed by atoms with Gasteiger partial charge < -0.3 is 15.0 Å². The minimum Gasteiger partial charge on any atom is -0.492 e. The first-order chi connectivity index (χ1) is 12.1. The molecule has 0 amide bonds. The number of ether oxygens (including phenoxy) is 1. The Balaban J connectivity index is 1.45. The van der Waals surface area contributed by atoms with Crippen LogP contribution in [-0.4, -0.2) is 53.0 Å². The van der Waals surface area contributed by atoms with Gasteiger partial charge in [-0.3, -0.25) is 0 Å². The number of fused-ring (bicyclic) bond motifs is 1. The summed E-state index contributed by atoms with van der Waals surface area (Å²) < 4.78 is 7.81. The smallest absolute Gasteiger partial charge is 0.150 e. The van der Waals surface area contributed by atoms with Gasteiger partial charge in [-0.05, 0) is 38.2 Å². The van der Waals surface area contributed by atoms with Gasteiger partial charge in [0.05, 0.1) is 6.54 Å². The molecule has 1 aliphatic rings. The second kappa shape index (κ2) is 8.45. The summed E-state index contributed by atoms with van der Waals surface area (Å²) in [4.78, 5) is 6.69. The van der Waals surface area contributed by atoms with Crippen molar-refractivity contribution >= 4 is 0 Å². The molecule has 0 spiro atoms. The van der Waals surface area contributed by atoms with Gasteiger partial charge in [-0.25, -0.2) is 9.67 Å². The van der Waals surface area contributed by atoms with Crippen LogP contribution in [0.1, 0.15) is 30.6 Å². The lowest BCUT2D eigenvalue weighted by Gasteiger charge is -2.23. The Morgan fingerprint density at radius 2 is 2.08 bits per heavy atom. The van der Waals surface area contributed by atoms with Crippen molar-refractivity contribution < 1.29 is 4.74 Å². The molecule has 0 radical (unpaired) electrons. The summed E-state index contributed by atoms with van der Waals surface area (Å²) in [7, 11) is 4.10. The van der Waals surface area contributed by atoms with Crippen molar-refractivity contribution in [2.45, 2.75) is 45.3 Å². The molecule has 0 fully saturated rings. The van der Waals surface area contributed by atoms with E-state index in [2.05, 4.69) is 70.3 Å². The molecule has 2 heterocycles. The van der Waals surface area contributed by atoms with Crippen molar-refractivity contribution in [1.82, 2.24) is 25.0 Å². The molecular weight excluding hydrogens is 314 g/mol. The zero-order chi connectivity index (χ0) is 17.6. The zero-order valence-corrected chi connectivity index (χ0v) is 15.5. The van der Waals surface area contributed by atoms with Gasteiger partial charge in [0.25, 0.3) is 0 Å². The van der Waals surface area contributed by atoms with Gasteiger partial charge in [-0.1, -0.05) is 19.1 Å². The van der Waals surface area contributed by atoms with Gasteiger partial charge in [0, 0.05) is 32.0 Å². The first-order valence-corrected chi connectivity index (χ1v) is 9.16. The molecule has 2 aromatic rings. The fourth-order valence-electron chi connectivity index (χ4n) is 2.99. The van der Waals surface area contributed by atoms with Crippen LogP contribution in [0.3, 0.4) is 0 Å². The summed E-state index contributed by atoms with van der Waals surface area (Å²) in [5.41, 5.74) is 1.28. The normalized spacial score (nSPS) is 16.9. The van der Waals surface area contributed by atoms with Crippen LogP contribution in [0.25, 0.3) is 0 Å². The van der Waals surface area contributed by atoms with E-state index >= 15 is 0 Å². The van der Waals surface area contributed by atoms with Crippen molar-refractivity contribution in [1.29, 1.82) is 0 Å². The number of hydrogen-bond acceptors (Lipinski definition) is 5. The van der Waals surface area contributed by atoms with E-state index in [0.29, 0.717) is 12.6 Å². The minimum absolute atomic E-state index is 0.454. The molecule has 6 heteroatoms. The second-order valence-electron chi connectivity index (χ2n) is 6.89. The molecule has 0 bridgehead atoms. The summed E-state index contributed by atoms with van der Waals surface area (Å²) in [6.45, 7) is 5.52. The number of hydrogen-bond donors (Lipinski definition) is 1. The standard InChI is InChI=1S/C19H29N5O/c1-4-18-21-19-10-7-16(14-24(19)22-18)20-13-15-5-8-17(9-6-15)25-12-11-23(2)3/h5-6,8-9,16,20H,4,7,10-14H2,1-3H3/t16-/m1/s1. The number of nitrogens with zero attached hydrogens (tertiary/aromatic N) is 4. The van der Waals surface area contributed by atoms with E-state index in [9.17, 15) is 0 Å². The van der Waals surface area contributed by atoms with Crippen LogP contribution in [0.2, 0.25) is 0 Å². The summed E-state index contributed by atoms with van der Waals surface area (Å²) in [5.74, 6) is 3.03. The van der Waals surface area contributed by atoms with E-state index in [-0.39, 0.29) is 0 Å². The van der Waals surface area contributed by atoms with Gasteiger partial charge >= 0.3 is 0 Å². The van der Waals surface area contributed by atoms with Gasteiger partial charge in [0.2, 0.25) is 0 Å². The van der Waals surface area contributed by atoms with Gasteiger partial charge in [0.1, 0.15) is 18.2 Å². The van der Waals surface area contributed by atoms with Crippen molar-refractivity contribution in [3.63, 3.8) is 0 Å². The van der Waals surface area contributed by atoms with E-state index < -0.39 is 0 Å². The predicted molar refractivity (Wildman–Crippen MR) is 98.8 cm³/mol. The third-order valence-corrected chi connectivity index (χ3v) is 4.54. The SMILES string of the molecule is CCc1nc2n(n1)C[C@H](NCc1ccc(OCCN(C)C)cc1)CC2. The molecule has 136 valence electrons. The number of aryl methyl sites for hydroxylation is 2. The van der Waals surface area contributed by atoms with Crippen LogP contribution in [-0.2, 0) is 25.9 Å². The van der Waals surface area contributed by atoms with Crippen molar-refractivity contribution in [2.75, 3.05) is 27.2 Å². The lowest BCUT2D eigenvalue weighted by molar-refractivity contribution is 0.261. The predicted octanol–water partition coefficient (Wildman–Crippen LogP) is 1.89. The van der Waals surface area contributed by atoms with E-state index in [1.807, 2.05) is 0 Å². The summed E-state index contributed by atoms with van der Waals surface area (Å²) in [6, 6.07) is 8.83. The highest BCUT2D eigenvalue weighted by molar-refractivity contribution is 5.27. The van der Waals surface area contributed by atoms with E-state index in [4.69, 9.17) is 4.74 Å². The summed E-state index contributed by atoms with van der Waals surface area (Å²) in [5, 5.41) is 8.22. The van der Waals surface area contributed by atoms with Gasteiger partial charge in [-0.15, -0.1) is 0 Å². The molecular formula is C19H29N5O. The first kappa shape index (κ1) is 17.9. The zero-order valence-electron chi connectivity index (χ0n) is 15.5. The molecule has 0 aliphatic carbocycles. The van der Waals surface area contributed by atoms with Gasteiger partial charge in [0.15, 0.2) is 5.82 Å². The monoisotopic (exact) mass is 343 g/mol. The number of nitrogens with one attached hydrogen (secondary N) is 1. The molecule has 0 saturated carbocycles. The fourth-order valence-corrected chi connectivity index (χ4v) is 2.99. The Hall–Kier alpha value is -1.92. The molecule has 6 nitrogen and oxygen atoms in total. The summed E-state index contributed by atoms with van der Waals surface area (Å²) >= 11 is 0. The van der Waals surface area contributed by atoms with Crippen LogP contribution < -0.4 is 10.1 Å². The third-order valence-electron chi connectivity index (χ3n) is 4.54. The maximum absolute atomic E-state index is 5.74. The van der Waals surface area contributed by atoms with Crippen molar-refractivity contribution in [3.05, 3.63) is 41.5 Å². The second-order valence-corrected chi connectivity index (χ2v) is 6.89. The Bertz CT molecular complexity index is 665. The van der Waals surface area contributed by atoms with Crippen molar-refractivity contribution in [3.8, 4) is 5.75 Å². The largest absolute Gasteiger partial charge is 0.492 e. The maximum atomic E-state index is 5.74. The maximum Gasteiger partial charge on any atom is 0.150 e. The summed E-state index contributed by atoms with van der Waals surface area (Å²) in [6.07, 6.45) is 3.03. The lowest BCUT2D eigenvalue weighted by Crippen LogP contribution is -2.37. The topological polar surface area (TPSA) is 55.2 Å². The Morgan fingerprint density at radius 3 is 2.80 bits per heavy atom. The quantitative estimate of drug-likeness (QED) is 0.793. The molecule has 1 N–H and O–H groups in total. The molecule has 1 aromatic carbocycles. The number of likely N-dealkylation sites (N-methyl/N-ethyl adjacent to an activating group) is 1. The van der Waals surface area contributed by atoms with E-state index in [1.165, 1.54) is 5.56 Å². The van der Waals surface area contributed by atoms with Crippen LogP contribution in [0.4, 0.5) is 0 Å². The molecule has 1 atom stereocenters. The van der Waals surface area contributed by atoms with Crippen LogP contribution in [0, 0.1) is 0 Å². The first-order valence-electron chi connectivity index (χ1n) is 9.16. The molecule has 25 heavy (non-hydrogen) atoms. The average molecular weight is 343 g/mol. The average Bonchev–Trinajstić information content (AvgIpc) is 3.03. The number of rotatable bonds is 8. The van der Waals surface area contributed by atoms with Crippen LogP contribution in [0.15, 0.2) is 24.3 Å². The van der Waals surface area contributed by atoms with Crippen molar-refractivity contribution in [2.24, 2.45) is 0 Å². The Kier molecular flexibility index (Phi) is 6.04. The highest BCUT2D eigenvalue weighted by atomic mass is 16.5. The Morgan fingerprint density at radius 1 is 1.28 bits per heavy atom. The highest BCUT2D eigenvalue weighted by Gasteiger charge is 2.20. The third kappa shape index (κ3) is 5.03. The lowest BCUT2D eigenvalue weighted by atomic mass is 10.1. The minimum atomic E-state index is 0.454. The Labute approximate surface area is 150 Å². The number of benzene rings is 1.